The number of hydrogen-bond acceptors (Lipinski definition) is 7. The van der Waals surface area contributed by atoms with Crippen LogP contribution in [0.4, 0.5) is 0 Å². The van der Waals surface area contributed by atoms with Gasteiger partial charge in [-0.1, -0.05) is 36.4 Å². The van der Waals surface area contributed by atoms with E-state index in [1.165, 1.54) is 42.8 Å². The van der Waals surface area contributed by atoms with Gasteiger partial charge in [-0.15, -0.1) is 0 Å². The Morgan fingerprint density at radius 2 is 1.68 bits per heavy atom. The van der Waals surface area contributed by atoms with Crippen LogP contribution >= 0.6 is 0 Å². The van der Waals surface area contributed by atoms with Gasteiger partial charge in [0, 0.05) is 18.7 Å². The third-order valence-electron chi connectivity index (χ3n) is 6.33. The number of phenols is 1. The second kappa shape index (κ2) is 14.0. The molecular weight excluding hydrogens is 532 g/mol. The minimum atomic E-state index is -3.95. The minimum absolute atomic E-state index is 0.0190. The van der Waals surface area contributed by atoms with Gasteiger partial charge in [0.05, 0.1) is 31.3 Å². The number of aromatic hydroxyl groups is 1. The first-order chi connectivity index (χ1) is 19.0. The number of ether oxygens (including phenoxy) is 2. The molecule has 214 valence electrons. The second-order valence-electron chi connectivity index (χ2n) is 9.48. The highest BCUT2D eigenvalue weighted by atomic mass is 32.2. The highest BCUT2D eigenvalue weighted by Crippen LogP contribution is 2.27. The van der Waals surface area contributed by atoms with Gasteiger partial charge in [0.1, 0.15) is 5.75 Å². The Kier molecular flexibility index (Phi) is 10.7. The molecule has 3 N–H and O–H groups in total. The van der Waals surface area contributed by atoms with E-state index in [1.54, 1.807) is 44.2 Å². The Balaban J connectivity index is 1.83. The first-order valence-corrected chi connectivity index (χ1v) is 14.2. The zero-order valence-electron chi connectivity index (χ0n) is 23.0. The first kappa shape index (κ1) is 30.7. The Hall–Kier alpha value is -3.86. The van der Waals surface area contributed by atoms with E-state index in [4.69, 9.17) is 9.47 Å². The predicted octanol–water partition coefficient (Wildman–Crippen LogP) is 3.61. The van der Waals surface area contributed by atoms with E-state index in [-0.39, 0.29) is 29.4 Å². The molecule has 3 aromatic carbocycles. The molecule has 0 radical (unpaired) electrons. The number of carbonyl (C=O) groups is 1. The van der Waals surface area contributed by atoms with Crippen molar-refractivity contribution in [3.05, 3.63) is 90.0 Å². The van der Waals surface area contributed by atoms with Crippen molar-refractivity contribution < 1.29 is 32.9 Å². The van der Waals surface area contributed by atoms with Crippen LogP contribution in [0.1, 0.15) is 25.0 Å². The molecule has 2 atom stereocenters. The van der Waals surface area contributed by atoms with Crippen LogP contribution in [0.3, 0.4) is 0 Å². The number of aliphatic hydroxyl groups is 1. The summed E-state index contributed by atoms with van der Waals surface area (Å²) in [4.78, 5) is 13.0. The van der Waals surface area contributed by atoms with Gasteiger partial charge < -0.3 is 25.0 Å². The third-order valence-corrected chi connectivity index (χ3v) is 8.39. The summed E-state index contributed by atoms with van der Waals surface area (Å²) in [5.41, 5.74) is 1.50. The molecule has 10 heteroatoms. The molecule has 0 saturated heterocycles. The smallest absolute Gasteiger partial charge is 0.244 e. The maximum absolute atomic E-state index is 13.5. The van der Waals surface area contributed by atoms with Crippen LogP contribution in [0.15, 0.2) is 83.8 Å². The molecule has 9 nitrogen and oxygen atoms in total. The standard InChI is InChI=1S/C30H36N2O7S/c1-21(2)32(40(36,37)25-14-12-24(38-3)13-15-25)20-28(34)26(18-22-8-6-5-7-9-22)31-30(35)17-11-23-10-16-27(33)29(19-23)39-4/h5-17,19,21,26,28,33-34H,18,20H2,1-4H3,(H,31,35)/b17-11+/t26-,28+/m0/s1. The fraction of sp³-hybridized carbons (Fsp3) is 0.300. The van der Waals surface area contributed by atoms with Gasteiger partial charge in [0.25, 0.3) is 0 Å². The molecule has 0 heterocycles. The molecule has 3 aromatic rings. The zero-order valence-corrected chi connectivity index (χ0v) is 23.8. The van der Waals surface area contributed by atoms with Gasteiger partial charge in [-0.05, 0) is 73.9 Å². The van der Waals surface area contributed by atoms with Crippen LogP contribution in [-0.2, 0) is 21.2 Å². The Morgan fingerprint density at radius 1 is 1.00 bits per heavy atom. The Bertz CT molecular complexity index is 1390. The lowest BCUT2D eigenvalue weighted by Gasteiger charge is -2.31. The lowest BCUT2D eigenvalue weighted by atomic mass is 10.0. The lowest BCUT2D eigenvalue weighted by Crippen LogP contribution is -2.51. The third kappa shape index (κ3) is 8.08. The molecule has 0 fully saturated rings. The molecule has 1 amide bonds. The van der Waals surface area contributed by atoms with E-state index in [0.717, 1.165) is 5.56 Å². The minimum Gasteiger partial charge on any atom is -0.504 e. The van der Waals surface area contributed by atoms with Crippen molar-refractivity contribution in [3.8, 4) is 17.2 Å². The fourth-order valence-electron chi connectivity index (χ4n) is 4.13. The maximum atomic E-state index is 13.5. The van der Waals surface area contributed by atoms with E-state index in [9.17, 15) is 23.4 Å². The number of hydrogen-bond donors (Lipinski definition) is 3. The molecule has 0 aliphatic rings. The van der Waals surface area contributed by atoms with Crippen molar-refractivity contribution >= 4 is 22.0 Å². The summed E-state index contributed by atoms with van der Waals surface area (Å²) in [6.07, 6.45) is 1.92. The van der Waals surface area contributed by atoms with Crippen molar-refractivity contribution in [1.82, 2.24) is 9.62 Å². The number of aliphatic hydroxyl groups excluding tert-OH is 1. The monoisotopic (exact) mass is 568 g/mol. The van der Waals surface area contributed by atoms with Gasteiger partial charge in [-0.2, -0.15) is 4.31 Å². The van der Waals surface area contributed by atoms with Gasteiger partial charge in [0.2, 0.25) is 15.9 Å². The topological polar surface area (TPSA) is 125 Å². The summed E-state index contributed by atoms with van der Waals surface area (Å²) in [6, 6.07) is 18.8. The van der Waals surface area contributed by atoms with Gasteiger partial charge in [-0.25, -0.2) is 8.42 Å². The number of benzene rings is 3. The number of nitrogens with one attached hydrogen (secondary N) is 1. The van der Waals surface area contributed by atoms with Crippen LogP contribution in [-0.4, -0.2) is 67.8 Å². The molecule has 3 rings (SSSR count). The van der Waals surface area contributed by atoms with Crippen molar-refractivity contribution in [1.29, 1.82) is 0 Å². The number of carbonyl (C=O) groups excluding carboxylic acids is 1. The van der Waals surface area contributed by atoms with E-state index in [0.29, 0.717) is 11.3 Å². The maximum Gasteiger partial charge on any atom is 0.244 e. The van der Waals surface area contributed by atoms with E-state index >= 15 is 0 Å². The van der Waals surface area contributed by atoms with Crippen LogP contribution < -0.4 is 14.8 Å². The molecular formula is C30H36N2O7S. The quantitative estimate of drug-likeness (QED) is 0.269. The average molecular weight is 569 g/mol. The molecule has 0 aromatic heterocycles. The highest BCUT2D eigenvalue weighted by Gasteiger charge is 2.32. The van der Waals surface area contributed by atoms with Crippen LogP contribution in [0.25, 0.3) is 6.08 Å². The van der Waals surface area contributed by atoms with Crippen molar-refractivity contribution in [2.24, 2.45) is 0 Å². The summed E-state index contributed by atoms with van der Waals surface area (Å²) in [7, 11) is -1.02. The Labute approximate surface area is 235 Å². The molecule has 0 bridgehead atoms. The molecule has 0 aliphatic carbocycles. The van der Waals surface area contributed by atoms with E-state index in [1.807, 2.05) is 30.3 Å². The number of rotatable bonds is 13. The van der Waals surface area contributed by atoms with E-state index in [2.05, 4.69) is 5.32 Å². The van der Waals surface area contributed by atoms with Crippen LogP contribution in [0.2, 0.25) is 0 Å². The van der Waals surface area contributed by atoms with Gasteiger partial charge >= 0.3 is 0 Å². The van der Waals surface area contributed by atoms with Crippen molar-refractivity contribution in [3.63, 3.8) is 0 Å². The van der Waals surface area contributed by atoms with Gasteiger partial charge in [0.15, 0.2) is 11.5 Å². The number of amides is 1. The summed E-state index contributed by atoms with van der Waals surface area (Å²) in [5, 5.41) is 23.9. The first-order valence-electron chi connectivity index (χ1n) is 12.8. The SMILES string of the molecule is COc1ccc(S(=O)(=O)N(C[C@@H](O)[C@H](Cc2ccccc2)NC(=O)/C=C/c2ccc(O)c(OC)c2)C(C)C)cc1. The molecule has 0 spiro atoms. The lowest BCUT2D eigenvalue weighted by molar-refractivity contribution is -0.118. The summed E-state index contributed by atoms with van der Waals surface area (Å²) in [6.45, 7) is 3.23. The molecule has 0 saturated carbocycles. The predicted molar refractivity (Wildman–Crippen MR) is 154 cm³/mol. The summed E-state index contributed by atoms with van der Waals surface area (Å²) < 4.78 is 38.5. The van der Waals surface area contributed by atoms with Crippen molar-refractivity contribution in [2.45, 2.75) is 43.4 Å². The fourth-order valence-corrected chi connectivity index (χ4v) is 5.79. The molecule has 0 aliphatic heterocycles. The highest BCUT2D eigenvalue weighted by molar-refractivity contribution is 7.89. The molecule has 0 unspecified atom stereocenters. The normalized spacial score (nSPS) is 13.4. The average Bonchev–Trinajstić information content (AvgIpc) is 2.95. The van der Waals surface area contributed by atoms with Crippen molar-refractivity contribution in [2.75, 3.05) is 20.8 Å². The summed E-state index contributed by atoms with van der Waals surface area (Å²) >= 11 is 0. The number of methoxy groups -OCH3 is 2. The number of sulfonamides is 1. The number of nitrogens with zero attached hydrogens (tertiary/aromatic N) is 1. The van der Waals surface area contributed by atoms with Gasteiger partial charge in [-0.3, -0.25) is 4.79 Å². The second-order valence-corrected chi connectivity index (χ2v) is 11.4. The van der Waals surface area contributed by atoms with Crippen LogP contribution in [0.5, 0.6) is 17.2 Å². The zero-order chi connectivity index (χ0) is 29.3. The number of phenolic OH excluding ortho intramolecular Hbond substituents is 1. The molecule has 40 heavy (non-hydrogen) atoms. The summed E-state index contributed by atoms with van der Waals surface area (Å²) in [5.74, 6) is 0.307. The van der Waals surface area contributed by atoms with E-state index < -0.39 is 34.1 Å². The van der Waals surface area contributed by atoms with Crippen LogP contribution in [0, 0.1) is 0 Å². The largest absolute Gasteiger partial charge is 0.504 e. The Morgan fingerprint density at radius 3 is 2.27 bits per heavy atom.